The van der Waals surface area contributed by atoms with Crippen LogP contribution in [0.1, 0.15) is 18.9 Å². The first-order valence-corrected chi connectivity index (χ1v) is 15.4. The van der Waals surface area contributed by atoms with Crippen molar-refractivity contribution in [2.75, 3.05) is 6.23 Å². The second-order valence-corrected chi connectivity index (χ2v) is 16.5. The van der Waals surface area contributed by atoms with Crippen molar-refractivity contribution in [2.24, 2.45) is 0 Å². The zero-order chi connectivity index (χ0) is 19.2. The summed E-state index contributed by atoms with van der Waals surface area (Å²) in [5, 5.41) is 8.89. The minimum Gasteiger partial charge on any atom is -0.494 e. The lowest BCUT2D eigenvalue weighted by Gasteiger charge is -2.33. The topological polar surface area (TPSA) is 42.2 Å². The van der Waals surface area contributed by atoms with Crippen molar-refractivity contribution >= 4 is 16.6 Å². The molecule has 0 aliphatic rings. The fraction of sp³-hybridized carbons (Fsp3) is 0.381. The molecule has 0 saturated carbocycles. The van der Waals surface area contributed by atoms with Crippen LogP contribution in [0.2, 0.25) is 32.2 Å². The van der Waals surface area contributed by atoms with E-state index in [1.807, 2.05) is 36.4 Å². The minimum absolute atomic E-state index is 0.670. The number of benzene rings is 2. The third kappa shape index (κ3) is 6.13. The Bertz CT molecular complexity index is 747. The average Bonchev–Trinajstić information content (AvgIpc) is 2.59. The highest BCUT2D eigenvalue weighted by Crippen LogP contribution is 2.24. The van der Waals surface area contributed by atoms with E-state index >= 15 is 0 Å². The third-order valence-electron chi connectivity index (χ3n) is 4.19. The van der Waals surface area contributed by atoms with Gasteiger partial charge in [-0.05, 0) is 67.6 Å². The van der Waals surface area contributed by atoms with E-state index in [9.17, 15) is 0 Å². The van der Waals surface area contributed by atoms with Gasteiger partial charge in [-0.25, -0.2) is 0 Å². The monoisotopic (exact) mass is 383 g/mol. The Hall–Kier alpha value is -1.88. The maximum atomic E-state index is 8.89. The van der Waals surface area contributed by atoms with Gasteiger partial charge in [0.2, 0.25) is 8.32 Å². The fourth-order valence-electron chi connectivity index (χ4n) is 3.17. The van der Waals surface area contributed by atoms with Crippen molar-refractivity contribution in [1.29, 1.82) is 5.26 Å². The van der Waals surface area contributed by atoms with Crippen molar-refractivity contribution < 1.29 is 8.85 Å². The first kappa shape index (κ1) is 20.4. The van der Waals surface area contributed by atoms with Gasteiger partial charge in [0.15, 0.2) is 8.32 Å². The highest BCUT2D eigenvalue weighted by molar-refractivity contribution is 6.84. The summed E-state index contributed by atoms with van der Waals surface area (Å²) in [6, 6.07) is 19.1. The Kier molecular flexibility index (Phi) is 6.82. The zero-order valence-electron chi connectivity index (χ0n) is 16.5. The lowest BCUT2D eigenvalue weighted by atomic mass is 10.0. The molecule has 2 rings (SSSR count). The third-order valence-corrected chi connectivity index (χ3v) is 11.2. The summed E-state index contributed by atoms with van der Waals surface area (Å²) in [6.45, 7) is 11.3. The van der Waals surface area contributed by atoms with Gasteiger partial charge < -0.3 is 8.85 Å². The minimum atomic E-state index is -1.84. The predicted octanol–water partition coefficient (Wildman–Crippen LogP) is 5.98. The van der Waals surface area contributed by atoms with Crippen molar-refractivity contribution in [1.82, 2.24) is 0 Å². The summed E-state index contributed by atoms with van der Waals surface area (Å²) in [5.41, 5.74) is 2.89. The SMILES string of the molecule is CCC[Si](C)(C)O[Si](C)(C)COc1ccc(-c2ccc(C#N)cc2)cc1. The molecule has 0 atom stereocenters. The molecule has 0 aromatic heterocycles. The molecule has 0 aliphatic carbocycles. The van der Waals surface area contributed by atoms with E-state index in [0.717, 1.165) is 16.9 Å². The molecule has 0 spiro atoms. The van der Waals surface area contributed by atoms with Gasteiger partial charge in [0.25, 0.3) is 0 Å². The number of ether oxygens (including phenoxy) is 1. The maximum absolute atomic E-state index is 8.89. The van der Waals surface area contributed by atoms with Gasteiger partial charge in [-0.2, -0.15) is 5.26 Å². The summed E-state index contributed by atoms with van der Waals surface area (Å²) in [4.78, 5) is 0. The standard InChI is InChI=1S/C21H29NO2Si2/c1-6-15-25(2,3)24-26(4,5)17-23-21-13-11-20(12-14-21)19-9-7-18(16-22)8-10-19/h7-14H,6,15,17H2,1-5H3. The molecule has 0 saturated heterocycles. The Morgan fingerprint density at radius 1 is 0.846 bits per heavy atom. The van der Waals surface area contributed by atoms with Crippen molar-refractivity contribution in [2.45, 2.75) is 45.6 Å². The molecule has 0 aliphatic heterocycles. The Morgan fingerprint density at radius 2 is 1.38 bits per heavy atom. The van der Waals surface area contributed by atoms with Crippen molar-refractivity contribution in [3.63, 3.8) is 0 Å². The smallest absolute Gasteiger partial charge is 0.213 e. The van der Waals surface area contributed by atoms with Gasteiger partial charge in [-0.3, -0.25) is 0 Å². The van der Waals surface area contributed by atoms with Gasteiger partial charge in [-0.1, -0.05) is 37.6 Å². The molecule has 0 fully saturated rings. The van der Waals surface area contributed by atoms with Crippen molar-refractivity contribution in [3.8, 4) is 22.9 Å². The maximum Gasteiger partial charge on any atom is 0.213 e. The number of rotatable bonds is 8. The van der Waals surface area contributed by atoms with Gasteiger partial charge in [-0.15, -0.1) is 0 Å². The van der Waals surface area contributed by atoms with Gasteiger partial charge in [0.1, 0.15) is 12.0 Å². The number of hydrogen-bond acceptors (Lipinski definition) is 3. The lowest BCUT2D eigenvalue weighted by Crippen LogP contribution is -2.48. The van der Waals surface area contributed by atoms with E-state index in [2.05, 4.69) is 51.3 Å². The Labute approximate surface area is 159 Å². The lowest BCUT2D eigenvalue weighted by molar-refractivity contribution is 0.351. The van der Waals surface area contributed by atoms with E-state index in [-0.39, 0.29) is 0 Å². The summed E-state index contributed by atoms with van der Waals surface area (Å²) >= 11 is 0. The molecule has 2 aromatic rings. The second kappa shape index (κ2) is 8.67. The molecule has 0 amide bonds. The molecule has 0 heterocycles. The summed E-state index contributed by atoms with van der Waals surface area (Å²) < 4.78 is 12.6. The highest BCUT2D eigenvalue weighted by Gasteiger charge is 2.33. The largest absolute Gasteiger partial charge is 0.494 e. The van der Waals surface area contributed by atoms with Gasteiger partial charge in [0, 0.05) is 0 Å². The molecular weight excluding hydrogens is 354 g/mol. The van der Waals surface area contributed by atoms with Crippen LogP contribution in [-0.2, 0) is 4.12 Å². The summed E-state index contributed by atoms with van der Waals surface area (Å²) in [6.07, 6.45) is 1.85. The molecule has 26 heavy (non-hydrogen) atoms. The van der Waals surface area contributed by atoms with Crippen LogP contribution in [0.25, 0.3) is 11.1 Å². The van der Waals surface area contributed by atoms with Gasteiger partial charge >= 0.3 is 0 Å². The van der Waals surface area contributed by atoms with E-state index < -0.39 is 16.6 Å². The molecule has 0 unspecified atom stereocenters. The van der Waals surface area contributed by atoms with Crippen LogP contribution < -0.4 is 4.74 Å². The second-order valence-electron chi connectivity index (χ2n) is 7.87. The number of hydrogen-bond donors (Lipinski definition) is 0. The van der Waals surface area contributed by atoms with Gasteiger partial charge in [0.05, 0.1) is 11.6 Å². The Morgan fingerprint density at radius 3 is 1.88 bits per heavy atom. The van der Waals surface area contributed by atoms with Crippen molar-refractivity contribution in [3.05, 3.63) is 54.1 Å². The first-order chi connectivity index (χ1) is 12.2. The molecule has 2 aromatic carbocycles. The molecule has 138 valence electrons. The zero-order valence-corrected chi connectivity index (χ0v) is 18.5. The summed E-state index contributed by atoms with van der Waals surface area (Å²) in [5.74, 6) is 0.876. The fourth-order valence-corrected chi connectivity index (χ4v) is 11.5. The van der Waals surface area contributed by atoms with Crippen LogP contribution in [0.5, 0.6) is 5.75 Å². The van der Waals surface area contributed by atoms with Crippen LogP contribution >= 0.6 is 0 Å². The van der Waals surface area contributed by atoms with Crippen LogP contribution in [0, 0.1) is 11.3 Å². The van der Waals surface area contributed by atoms with E-state index in [4.69, 9.17) is 14.1 Å². The van der Waals surface area contributed by atoms with E-state index in [1.165, 1.54) is 12.5 Å². The predicted molar refractivity (Wildman–Crippen MR) is 113 cm³/mol. The Balaban J connectivity index is 1.97. The molecule has 0 bridgehead atoms. The van der Waals surface area contributed by atoms with E-state index in [1.54, 1.807) is 0 Å². The first-order valence-electron chi connectivity index (χ1n) is 9.18. The molecule has 0 radical (unpaired) electrons. The van der Waals surface area contributed by atoms with E-state index in [0.29, 0.717) is 11.8 Å². The van der Waals surface area contributed by atoms with Crippen LogP contribution in [0.4, 0.5) is 0 Å². The highest BCUT2D eigenvalue weighted by atomic mass is 28.4. The summed E-state index contributed by atoms with van der Waals surface area (Å²) in [7, 11) is -3.42. The van der Waals surface area contributed by atoms with Crippen LogP contribution in [0.15, 0.2) is 48.5 Å². The average molecular weight is 384 g/mol. The normalized spacial score (nSPS) is 11.8. The molecular formula is C21H29NO2Si2. The number of nitriles is 1. The van der Waals surface area contributed by atoms with Crippen LogP contribution in [-0.4, -0.2) is 22.9 Å². The number of nitrogens with zero attached hydrogens (tertiary/aromatic N) is 1. The van der Waals surface area contributed by atoms with Crippen LogP contribution in [0.3, 0.4) is 0 Å². The molecule has 3 nitrogen and oxygen atoms in total. The molecule has 5 heteroatoms. The molecule has 0 N–H and O–H groups in total. The quantitative estimate of drug-likeness (QED) is 0.527.